The molecule has 1 aliphatic heterocycles. The summed E-state index contributed by atoms with van der Waals surface area (Å²) in [6.45, 7) is 3.93. The molecule has 3 amide bonds. The van der Waals surface area contributed by atoms with Crippen LogP contribution in [-0.2, 0) is 11.2 Å². The van der Waals surface area contributed by atoms with Crippen molar-refractivity contribution in [2.75, 3.05) is 32.1 Å². The first-order chi connectivity index (χ1) is 15.0. The maximum atomic E-state index is 12.4. The average molecular weight is 425 g/mol. The Labute approximate surface area is 184 Å². The number of amides is 3. The zero-order chi connectivity index (χ0) is 22.1. The number of hydrogen-bond donors (Lipinski definition) is 3. The molecule has 2 aromatic rings. The Hall–Kier alpha value is -3.06. The number of anilines is 1. The zero-order valence-corrected chi connectivity index (χ0v) is 18.3. The third kappa shape index (κ3) is 7.61. The van der Waals surface area contributed by atoms with E-state index in [1.807, 2.05) is 61.5 Å². The summed E-state index contributed by atoms with van der Waals surface area (Å²) in [7, 11) is 1.65. The van der Waals surface area contributed by atoms with Crippen LogP contribution in [0.5, 0.6) is 5.75 Å². The molecule has 7 heteroatoms. The number of nitrogens with zero attached hydrogens (tertiary/aromatic N) is 1. The highest BCUT2D eigenvalue weighted by Crippen LogP contribution is 2.14. The maximum Gasteiger partial charge on any atom is 0.315 e. The molecular formula is C24H32N4O3. The van der Waals surface area contributed by atoms with Crippen LogP contribution in [0.4, 0.5) is 10.5 Å². The fraction of sp³-hybridized carbons (Fsp3) is 0.417. The molecule has 0 saturated carbocycles. The van der Waals surface area contributed by atoms with Crippen molar-refractivity contribution in [1.82, 2.24) is 15.5 Å². The lowest BCUT2D eigenvalue weighted by Gasteiger charge is -2.32. The highest BCUT2D eigenvalue weighted by atomic mass is 16.5. The third-order valence-corrected chi connectivity index (χ3v) is 5.40. The van der Waals surface area contributed by atoms with Crippen molar-refractivity contribution in [1.29, 1.82) is 0 Å². The number of urea groups is 1. The number of nitrogens with one attached hydrogen (secondary N) is 3. The van der Waals surface area contributed by atoms with Crippen molar-refractivity contribution >= 4 is 17.6 Å². The second kappa shape index (κ2) is 11.4. The van der Waals surface area contributed by atoms with Gasteiger partial charge in [0.05, 0.1) is 13.7 Å². The molecule has 1 unspecified atom stereocenters. The van der Waals surface area contributed by atoms with Crippen molar-refractivity contribution < 1.29 is 14.3 Å². The Kier molecular flexibility index (Phi) is 8.29. The average Bonchev–Trinajstić information content (AvgIpc) is 2.75. The lowest BCUT2D eigenvalue weighted by atomic mass is 10.0. The molecule has 2 aromatic carbocycles. The summed E-state index contributed by atoms with van der Waals surface area (Å²) in [5, 5.41) is 9.00. The first-order valence-electron chi connectivity index (χ1n) is 10.8. The van der Waals surface area contributed by atoms with Gasteiger partial charge in [-0.1, -0.05) is 30.3 Å². The molecule has 1 heterocycles. The van der Waals surface area contributed by atoms with Gasteiger partial charge in [0.25, 0.3) is 0 Å². The number of hydrogen-bond acceptors (Lipinski definition) is 4. The number of piperidine rings is 1. The molecule has 0 spiro atoms. The number of para-hydroxylation sites is 1. The van der Waals surface area contributed by atoms with Crippen molar-refractivity contribution in [2.45, 2.75) is 38.3 Å². The fourth-order valence-electron chi connectivity index (χ4n) is 3.82. The van der Waals surface area contributed by atoms with Crippen molar-refractivity contribution in [3.8, 4) is 5.75 Å². The van der Waals surface area contributed by atoms with Gasteiger partial charge in [-0.2, -0.15) is 0 Å². The summed E-state index contributed by atoms with van der Waals surface area (Å²) in [4.78, 5) is 26.7. The summed E-state index contributed by atoms with van der Waals surface area (Å²) in [6, 6.07) is 17.3. The number of likely N-dealkylation sites (tertiary alicyclic amines) is 1. The van der Waals surface area contributed by atoms with Crippen LogP contribution in [0.15, 0.2) is 54.6 Å². The minimum Gasteiger partial charge on any atom is -0.497 e. The van der Waals surface area contributed by atoms with Crippen LogP contribution in [0.25, 0.3) is 0 Å². The van der Waals surface area contributed by atoms with Crippen LogP contribution >= 0.6 is 0 Å². The Morgan fingerprint density at radius 1 is 1.10 bits per heavy atom. The Balaban J connectivity index is 1.35. The number of carbonyl (C=O) groups excluding carboxylic acids is 2. The number of benzene rings is 2. The molecule has 31 heavy (non-hydrogen) atoms. The lowest BCUT2D eigenvalue weighted by Crippen LogP contribution is -2.50. The van der Waals surface area contributed by atoms with Gasteiger partial charge in [0.2, 0.25) is 5.91 Å². The number of methoxy groups -OCH3 is 1. The lowest BCUT2D eigenvalue weighted by molar-refractivity contribution is -0.117. The number of ether oxygens (including phenoxy) is 1. The molecule has 7 nitrogen and oxygen atoms in total. The first-order valence-corrected chi connectivity index (χ1v) is 10.8. The van der Waals surface area contributed by atoms with E-state index in [0.717, 1.165) is 49.4 Å². The van der Waals surface area contributed by atoms with Crippen LogP contribution in [-0.4, -0.2) is 55.7 Å². The van der Waals surface area contributed by atoms with Gasteiger partial charge in [-0.3, -0.25) is 9.69 Å². The molecule has 1 fully saturated rings. The van der Waals surface area contributed by atoms with E-state index in [0.29, 0.717) is 6.54 Å². The second-order valence-corrected chi connectivity index (χ2v) is 8.04. The van der Waals surface area contributed by atoms with Crippen molar-refractivity contribution in [2.24, 2.45) is 0 Å². The molecule has 1 atom stereocenters. The predicted octanol–water partition coefficient (Wildman–Crippen LogP) is 3.03. The highest BCUT2D eigenvalue weighted by molar-refractivity contribution is 5.92. The molecule has 3 rings (SSSR count). The zero-order valence-electron chi connectivity index (χ0n) is 18.3. The maximum absolute atomic E-state index is 12.4. The predicted molar refractivity (Wildman–Crippen MR) is 122 cm³/mol. The van der Waals surface area contributed by atoms with E-state index >= 15 is 0 Å². The number of carbonyl (C=O) groups is 2. The van der Waals surface area contributed by atoms with Gasteiger partial charge in [-0.15, -0.1) is 0 Å². The van der Waals surface area contributed by atoms with Crippen LogP contribution in [0.1, 0.15) is 25.3 Å². The molecule has 1 aliphatic rings. The van der Waals surface area contributed by atoms with Gasteiger partial charge in [-0.05, 0) is 56.0 Å². The monoisotopic (exact) mass is 424 g/mol. The highest BCUT2D eigenvalue weighted by Gasteiger charge is 2.22. The molecule has 0 aromatic heterocycles. The Bertz CT molecular complexity index is 851. The van der Waals surface area contributed by atoms with Gasteiger partial charge in [-0.25, -0.2) is 4.79 Å². The van der Waals surface area contributed by atoms with Gasteiger partial charge >= 0.3 is 6.03 Å². The van der Waals surface area contributed by atoms with Crippen molar-refractivity contribution in [3.05, 3.63) is 60.2 Å². The number of rotatable bonds is 8. The minimum absolute atomic E-state index is 0.00822. The molecule has 3 N–H and O–H groups in total. The smallest absolute Gasteiger partial charge is 0.315 e. The Morgan fingerprint density at radius 2 is 1.84 bits per heavy atom. The third-order valence-electron chi connectivity index (χ3n) is 5.40. The summed E-state index contributed by atoms with van der Waals surface area (Å²) >= 11 is 0. The topological polar surface area (TPSA) is 82.7 Å². The van der Waals surface area contributed by atoms with E-state index in [9.17, 15) is 9.59 Å². The standard InChI is InChI=1S/C24H32N4O3/c1-18(15-19-7-6-10-22(16-19)31-2)25-24(30)27-21-11-13-28(14-12-21)17-23(29)26-20-8-4-3-5-9-20/h3-10,16,18,21H,11-15,17H2,1-2H3,(H,26,29)(H2,25,27,30). The van der Waals surface area contributed by atoms with E-state index in [1.165, 1.54) is 0 Å². The summed E-state index contributed by atoms with van der Waals surface area (Å²) in [5.74, 6) is 0.806. The quantitative estimate of drug-likeness (QED) is 0.608. The van der Waals surface area contributed by atoms with E-state index in [1.54, 1.807) is 7.11 Å². The van der Waals surface area contributed by atoms with Crippen LogP contribution < -0.4 is 20.7 Å². The van der Waals surface area contributed by atoms with Gasteiger partial charge in [0, 0.05) is 30.9 Å². The minimum atomic E-state index is -0.143. The van der Waals surface area contributed by atoms with Gasteiger partial charge < -0.3 is 20.7 Å². The van der Waals surface area contributed by atoms with E-state index in [4.69, 9.17) is 4.74 Å². The molecule has 0 bridgehead atoms. The molecular weight excluding hydrogens is 392 g/mol. The SMILES string of the molecule is COc1cccc(CC(C)NC(=O)NC2CCN(CC(=O)Nc3ccccc3)CC2)c1. The second-order valence-electron chi connectivity index (χ2n) is 8.04. The summed E-state index contributed by atoms with van der Waals surface area (Å²) < 4.78 is 5.25. The molecule has 0 aliphatic carbocycles. The Morgan fingerprint density at radius 3 is 2.55 bits per heavy atom. The summed E-state index contributed by atoms with van der Waals surface area (Å²) in [6.07, 6.45) is 2.40. The molecule has 1 saturated heterocycles. The van der Waals surface area contributed by atoms with Crippen molar-refractivity contribution in [3.63, 3.8) is 0 Å². The van der Waals surface area contributed by atoms with E-state index in [2.05, 4.69) is 20.9 Å². The largest absolute Gasteiger partial charge is 0.497 e. The van der Waals surface area contributed by atoms with E-state index in [-0.39, 0.29) is 24.0 Å². The fourth-order valence-corrected chi connectivity index (χ4v) is 3.82. The van der Waals surface area contributed by atoms with Gasteiger partial charge in [0.15, 0.2) is 0 Å². The van der Waals surface area contributed by atoms with Crippen LogP contribution in [0.2, 0.25) is 0 Å². The summed E-state index contributed by atoms with van der Waals surface area (Å²) in [5.41, 5.74) is 1.93. The van der Waals surface area contributed by atoms with E-state index < -0.39 is 0 Å². The first kappa shape index (κ1) is 22.6. The molecule has 166 valence electrons. The molecule has 0 radical (unpaired) electrons. The van der Waals surface area contributed by atoms with Crippen LogP contribution in [0, 0.1) is 0 Å². The van der Waals surface area contributed by atoms with Gasteiger partial charge in [0.1, 0.15) is 5.75 Å². The van der Waals surface area contributed by atoms with Crippen LogP contribution in [0.3, 0.4) is 0 Å². The normalized spacial score (nSPS) is 15.7.